The second-order valence-corrected chi connectivity index (χ2v) is 4.73. The molecule has 5 heteroatoms. The van der Waals surface area contributed by atoms with Crippen molar-refractivity contribution in [3.63, 3.8) is 0 Å². The highest BCUT2D eigenvalue weighted by Gasteiger charge is 2.11. The summed E-state index contributed by atoms with van der Waals surface area (Å²) in [4.78, 5) is 10.9. The summed E-state index contributed by atoms with van der Waals surface area (Å²) in [5, 5.41) is 8.64. The van der Waals surface area contributed by atoms with Crippen molar-refractivity contribution in [3.8, 4) is 17.2 Å². The van der Waals surface area contributed by atoms with Crippen molar-refractivity contribution < 1.29 is 14.6 Å². The van der Waals surface area contributed by atoms with Crippen molar-refractivity contribution in [1.29, 1.82) is 0 Å². The monoisotopic (exact) mass is 291 g/mol. The average molecular weight is 292 g/mol. The smallest absolute Gasteiger partial charge is 0.238 e. The Morgan fingerprint density at radius 1 is 1.10 bits per heavy atom. The van der Waals surface area contributed by atoms with Gasteiger partial charge >= 0.3 is 0 Å². The first-order valence-electron chi connectivity index (χ1n) is 6.05. The topological polar surface area (TPSA) is 72.6 Å². The van der Waals surface area contributed by atoms with E-state index >= 15 is 0 Å². The first-order valence-corrected chi connectivity index (χ1v) is 6.43. The van der Waals surface area contributed by atoms with Gasteiger partial charge in [0.15, 0.2) is 0 Å². The average Bonchev–Trinajstić information content (AvgIpc) is 2.43. The van der Waals surface area contributed by atoms with E-state index < -0.39 is 11.3 Å². The van der Waals surface area contributed by atoms with E-state index in [2.05, 4.69) is 0 Å². The molecule has 4 nitrogen and oxygen atoms in total. The van der Waals surface area contributed by atoms with E-state index in [9.17, 15) is 9.90 Å². The van der Waals surface area contributed by atoms with Gasteiger partial charge < -0.3 is 15.6 Å². The highest BCUT2D eigenvalue weighted by molar-refractivity contribution is 6.64. The van der Waals surface area contributed by atoms with E-state index in [1.54, 1.807) is 36.4 Å². The minimum absolute atomic E-state index is 0.187. The molecule has 0 aliphatic rings. The fourth-order valence-electron chi connectivity index (χ4n) is 1.68. The number of carbonyl (C=O) groups is 1. The second kappa shape index (κ2) is 6.41. The number of rotatable bonds is 5. The molecule has 20 heavy (non-hydrogen) atoms. The molecule has 2 rings (SSSR count). The van der Waals surface area contributed by atoms with Crippen LogP contribution in [0.4, 0.5) is 0 Å². The molecule has 0 aliphatic heterocycles. The van der Waals surface area contributed by atoms with Crippen LogP contribution in [-0.2, 0) is 11.2 Å². The molecule has 0 bridgehead atoms. The highest BCUT2D eigenvalue weighted by atomic mass is 35.5. The minimum atomic E-state index is -0.694. The van der Waals surface area contributed by atoms with Crippen LogP contribution in [0.1, 0.15) is 5.56 Å². The number of hydrogen-bond donors (Lipinski definition) is 2. The molecule has 0 fully saturated rings. The van der Waals surface area contributed by atoms with Crippen LogP contribution in [0.15, 0.2) is 48.5 Å². The van der Waals surface area contributed by atoms with Crippen LogP contribution >= 0.6 is 11.6 Å². The Morgan fingerprint density at radius 2 is 1.60 bits per heavy atom. The molecule has 0 spiro atoms. The van der Waals surface area contributed by atoms with Crippen LogP contribution in [0, 0.1) is 0 Å². The number of ether oxygens (including phenoxy) is 1. The largest absolute Gasteiger partial charge is 0.508 e. The van der Waals surface area contributed by atoms with Gasteiger partial charge in [-0.05, 0) is 60.0 Å². The molecule has 0 amide bonds. The predicted octanol–water partition coefficient (Wildman–Crippen LogP) is 2.82. The van der Waals surface area contributed by atoms with E-state index in [-0.39, 0.29) is 5.75 Å². The Morgan fingerprint density at radius 3 is 2.10 bits per heavy atom. The van der Waals surface area contributed by atoms with Crippen LogP contribution < -0.4 is 10.5 Å². The fourth-order valence-corrected chi connectivity index (χ4v) is 1.76. The van der Waals surface area contributed by atoms with E-state index in [4.69, 9.17) is 22.1 Å². The standard InChI is InChI=1S/C15H14ClNO3/c16-15(19)14(17)9-10-1-5-12(6-2-10)20-13-7-3-11(18)4-8-13/h1-8,14,18H,9,17H2/t14-/m0/s1. The molecule has 0 radical (unpaired) electrons. The van der Waals surface area contributed by atoms with E-state index in [0.717, 1.165) is 5.56 Å². The van der Waals surface area contributed by atoms with Gasteiger partial charge in [-0.25, -0.2) is 0 Å². The van der Waals surface area contributed by atoms with Crippen LogP contribution in [0.3, 0.4) is 0 Å². The lowest BCUT2D eigenvalue weighted by molar-refractivity contribution is -0.112. The summed E-state index contributed by atoms with van der Waals surface area (Å²) < 4.78 is 5.61. The Balaban J connectivity index is 2.01. The van der Waals surface area contributed by atoms with Gasteiger partial charge in [0.05, 0.1) is 6.04 Å². The van der Waals surface area contributed by atoms with Crippen LogP contribution in [0.2, 0.25) is 0 Å². The number of phenols is 1. The summed E-state index contributed by atoms with van der Waals surface area (Å²) in [7, 11) is 0. The van der Waals surface area contributed by atoms with Crippen molar-refractivity contribution in [2.75, 3.05) is 0 Å². The lowest BCUT2D eigenvalue weighted by Crippen LogP contribution is -2.29. The summed E-state index contributed by atoms with van der Waals surface area (Å²) in [6, 6.07) is 13.0. The quantitative estimate of drug-likeness (QED) is 0.831. The normalized spacial score (nSPS) is 11.9. The van der Waals surface area contributed by atoms with Crippen molar-refractivity contribution in [2.24, 2.45) is 5.73 Å². The van der Waals surface area contributed by atoms with Crippen molar-refractivity contribution in [2.45, 2.75) is 12.5 Å². The Kier molecular flexibility index (Phi) is 4.61. The van der Waals surface area contributed by atoms with Gasteiger partial charge in [-0.3, -0.25) is 4.79 Å². The zero-order chi connectivity index (χ0) is 14.5. The van der Waals surface area contributed by atoms with Gasteiger partial charge in [0, 0.05) is 0 Å². The van der Waals surface area contributed by atoms with Crippen LogP contribution in [-0.4, -0.2) is 16.4 Å². The molecule has 0 heterocycles. The molecule has 104 valence electrons. The molecule has 2 aromatic carbocycles. The first-order chi connectivity index (χ1) is 9.54. The number of halogens is 1. The zero-order valence-corrected chi connectivity index (χ0v) is 11.4. The molecule has 0 saturated carbocycles. The summed E-state index contributed by atoms with van der Waals surface area (Å²) in [6.45, 7) is 0. The Hall–Kier alpha value is -2.04. The highest BCUT2D eigenvalue weighted by Crippen LogP contribution is 2.23. The Bertz CT molecular complexity index is 581. The third kappa shape index (κ3) is 3.98. The second-order valence-electron chi connectivity index (χ2n) is 4.35. The number of aromatic hydroxyl groups is 1. The molecule has 0 aliphatic carbocycles. The van der Waals surface area contributed by atoms with Gasteiger partial charge in [-0.15, -0.1) is 0 Å². The molecular weight excluding hydrogens is 278 g/mol. The third-order valence-electron chi connectivity index (χ3n) is 2.74. The summed E-state index contributed by atoms with van der Waals surface area (Å²) in [5.74, 6) is 1.47. The summed E-state index contributed by atoms with van der Waals surface area (Å²) in [6.07, 6.45) is 0.391. The lowest BCUT2D eigenvalue weighted by atomic mass is 10.1. The number of hydrogen-bond acceptors (Lipinski definition) is 4. The van der Waals surface area contributed by atoms with Gasteiger partial charge in [0.1, 0.15) is 17.2 Å². The molecule has 1 atom stereocenters. The SMILES string of the molecule is N[C@@H](Cc1ccc(Oc2ccc(O)cc2)cc1)C(=O)Cl. The molecule has 0 unspecified atom stereocenters. The summed E-state index contributed by atoms with van der Waals surface area (Å²) in [5.41, 5.74) is 6.49. The Labute approximate surface area is 121 Å². The molecule has 0 aromatic heterocycles. The molecule has 3 N–H and O–H groups in total. The van der Waals surface area contributed by atoms with Crippen molar-refractivity contribution >= 4 is 16.8 Å². The van der Waals surface area contributed by atoms with E-state index in [1.807, 2.05) is 12.1 Å². The lowest BCUT2D eigenvalue weighted by Gasteiger charge is -2.09. The van der Waals surface area contributed by atoms with Crippen LogP contribution in [0.5, 0.6) is 17.2 Å². The van der Waals surface area contributed by atoms with Crippen molar-refractivity contribution in [1.82, 2.24) is 0 Å². The van der Waals surface area contributed by atoms with Gasteiger partial charge in [-0.1, -0.05) is 12.1 Å². The molecule has 0 saturated heterocycles. The number of carbonyl (C=O) groups excluding carboxylic acids is 1. The molecular formula is C15H14ClNO3. The number of phenolic OH excluding ortho intramolecular Hbond substituents is 1. The van der Waals surface area contributed by atoms with Gasteiger partial charge in [-0.2, -0.15) is 0 Å². The third-order valence-corrected chi connectivity index (χ3v) is 3.02. The van der Waals surface area contributed by atoms with Crippen molar-refractivity contribution in [3.05, 3.63) is 54.1 Å². The number of benzene rings is 2. The van der Waals surface area contributed by atoms with E-state index in [0.29, 0.717) is 17.9 Å². The van der Waals surface area contributed by atoms with Crippen LogP contribution in [0.25, 0.3) is 0 Å². The summed E-state index contributed by atoms with van der Waals surface area (Å²) >= 11 is 5.32. The minimum Gasteiger partial charge on any atom is -0.508 e. The molecule has 2 aromatic rings. The maximum atomic E-state index is 10.9. The predicted molar refractivity (Wildman–Crippen MR) is 77.2 cm³/mol. The maximum absolute atomic E-state index is 10.9. The first kappa shape index (κ1) is 14.4. The zero-order valence-electron chi connectivity index (χ0n) is 10.6. The van der Waals surface area contributed by atoms with E-state index in [1.165, 1.54) is 0 Å². The van der Waals surface area contributed by atoms with Gasteiger partial charge in [0.2, 0.25) is 5.24 Å². The fraction of sp³-hybridized carbons (Fsp3) is 0.133. The number of nitrogens with two attached hydrogens (primary N) is 1. The maximum Gasteiger partial charge on any atom is 0.238 e. The van der Waals surface area contributed by atoms with Gasteiger partial charge in [0.25, 0.3) is 0 Å².